The van der Waals surface area contributed by atoms with E-state index in [9.17, 15) is 4.79 Å². The van der Waals surface area contributed by atoms with Gasteiger partial charge in [0.1, 0.15) is 5.01 Å². The van der Waals surface area contributed by atoms with Gasteiger partial charge in [-0.15, -0.1) is 36.2 Å². The summed E-state index contributed by atoms with van der Waals surface area (Å²) in [5, 5.41) is 6.64. The standard InChI is InChI=1S/C19H23N3OS.2ClH/c1-22(17-9-14-7-8-15(10-17)20-14)18(23)11-16-12-24-19(21-16)13-5-3-2-4-6-13;;/h2-6,12,14-15,17,20H,7-11H2,1H3;2*1H. The van der Waals surface area contributed by atoms with Crippen molar-refractivity contribution < 1.29 is 4.79 Å². The molecule has 2 saturated heterocycles. The number of rotatable bonds is 4. The average Bonchev–Trinajstić information content (AvgIpc) is 3.21. The van der Waals surface area contributed by atoms with Gasteiger partial charge in [-0.05, 0) is 25.7 Å². The summed E-state index contributed by atoms with van der Waals surface area (Å²) in [5.41, 5.74) is 2.00. The van der Waals surface area contributed by atoms with Crippen LogP contribution in [-0.2, 0) is 11.2 Å². The van der Waals surface area contributed by atoms with E-state index in [1.54, 1.807) is 11.3 Å². The molecule has 7 heteroatoms. The number of carbonyl (C=O) groups excluding carboxylic acids is 1. The van der Waals surface area contributed by atoms with Crippen LogP contribution in [0.1, 0.15) is 31.4 Å². The number of aromatic nitrogens is 1. The number of fused-ring (bicyclic) bond motifs is 2. The Morgan fingerprint density at radius 2 is 1.85 bits per heavy atom. The fourth-order valence-electron chi connectivity index (χ4n) is 3.93. The molecule has 2 atom stereocenters. The van der Waals surface area contributed by atoms with Gasteiger partial charge in [-0.1, -0.05) is 30.3 Å². The van der Waals surface area contributed by atoms with E-state index in [-0.39, 0.29) is 30.7 Å². The summed E-state index contributed by atoms with van der Waals surface area (Å²) >= 11 is 1.61. The number of nitrogens with one attached hydrogen (secondary N) is 1. The Labute approximate surface area is 171 Å². The van der Waals surface area contributed by atoms with Crippen LogP contribution in [0.5, 0.6) is 0 Å². The van der Waals surface area contributed by atoms with Gasteiger partial charge in [0.2, 0.25) is 5.91 Å². The van der Waals surface area contributed by atoms with Gasteiger partial charge in [-0.2, -0.15) is 0 Å². The zero-order valence-corrected chi connectivity index (χ0v) is 17.2. The van der Waals surface area contributed by atoms with Crippen LogP contribution >= 0.6 is 36.2 Å². The molecule has 2 aromatic rings. The second-order valence-corrected chi connectivity index (χ2v) is 7.81. The average molecular weight is 414 g/mol. The van der Waals surface area contributed by atoms with Gasteiger partial charge in [0.15, 0.2) is 0 Å². The number of amides is 1. The van der Waals surface area contributed by atoms with Gasteiger partial charge in [0.05, 0.1) is 12.1 Å². The normalized spacial score (nSPS) is 23.7. The van der Waals surface area contributed by atoms with Crippen LogP contribution in [0.15, 0.2) is 35.7 Å². The summed E-state index contributed by atoms with van der Waals surface area (Å²) in [7, 11) is 1.96. The van der Waals surface area contributed by atoms with E-state index >= 15 is 0 Å². The summed E-state index contributed by atoms with van der Waals surface area (Å²) in [6, 6.07) is 11.7. The fraction of sp³-hybridized carbons (Fsp3) is 0.474. The molecule has 1 N–H and O–H groups in total. The Bertz CT molecular complexity index is 713. The topological polar surface area (TPSA) is 45.2 Å². The minimum Gasteiger partial charge on any atom is -0.342 e. The zero-order chi connectivity index (χ0) is 16.5. The Morgan fingerprint density at radius 3 is 2.50 bits per heavy atom. The Morgan fingerprint density at radius 1 is 1.19 bits per heavy atom. The molecular formula is C19H25Cl2N3OS. The molecule has 0 spiro atoms. The smallest absolute Gasteiger partial charge is 0.228 e. The highest BCUT2D eigenvalue weighted by Gasteiger charge is 2.36. The van der Waals surface area contributed by atoms with Crippen LogP contribution in [0.4, 0.5) is 0 Å². The van der Waals surface area contributed by atoms with Gasteiger partial charge < -0.3 is 10.2 Å². The lowest BCUT2D eigenvalue weighted by atomic mass is 9.98. The van der Waals surface area contributed by atoms with Crippen LogP contribution in [-0.4, -0.2) is 41.0 Å². The number of hydrogen-bond acceptors (Lipinski definition) is 4. The molecule has 4 rings (SSSR count). The van der Waals surface area contributed by atoms with E-state index in [4.69, 9.17) is 0 Å². The first-order chi connectivity index (χ1) is 11.7. The van der Waals surface area contributed by atoms with Crippen molar-refractivity contribution in [1.29, 1.82) is 0 Å². The molecule has 2 bridgehead atoms. The summed E-state index contributed by atoms with van der Waals surface area (Å²) in [4.78, 5) is 19.3. The van der Waals surface area contributed by atoms with Gasteiger partial charge in [-0.3, -0.25) is 4.79 Å². The quantitative estimate of drug-likeness (QED) is 0.825. The van der Waals surface area contributed by atoms with Crippen LogP contribution in [0.25, 0.3) is 10.6 Å². The molecule has 4 nitrogen and oxygen atoms in total. The first-order valence-electron chi connectivity index (χ1n) is 8.70. The van der Waals surface area contributed by atoms with E-state index in [1.807, 2.05) is 35.5 Å². The molecule has 1 amide bonds. The predicted molar refractivity (Wildman–Crippen MR) is 111 cm³/mol. The number of nitrogens with zero attached hydrogens (tertiary/aromatic N) is 2. The molecule has 1 aromatic carbocycles. The fourth-order valence-corrected chi connectivity index (χ4v) is 4.75. The lowest BCUT2D eigenvalue weighted by Gasteiger charge is -2.35. The van der Waals surface area contributed by atoms with Crippen molar-refractivity contribution in [3.8, 4) is 10.6 Å². The third-order valence-corrected chi connectivity index (χ3v) is 6.23. The van der Waals surface area contributed by atoms with Crippen molar-refractivity contribution in [3.63, 3.8) is 0 Å². The van der Waals surface area contributed by atoms with Gasteiger partial charge in [0, 0.05) is 36.1 Å². The third kappa shape index (κ3) is 4.58. The van der Waals surface area contributed by atoms with Crippen molar-refractivity contribution in [2.45, 2.75) is 50.2 Å². The van der Waals surface area contributed by atoms with Crippen molar-refractivity contribution in [3.05, 3.63) is 41.4 Å². The lowest BCUT2D eigenvalue weighted by Crippen LogP contribution is -2.49. The summed E-state index contributed by atoms with van der Waals surface area (Å²) in [6.45, 7) is 0. The molecule has 1 aromatic heterocycles. The molecule has 2 unspecified atom stereocenters. The number of benzene rings is 1. The number of halogens is 2. The van der Waals surface area contributed by atoms with E-state index in [2.05, 4.69) is 22.4 Å². The van der Waals surface area contributed by atoms with Gasteiger partial charge >= 0.3 is 0 Å². The predicted octanol–water partition coefficient (Wildman–Crippen LogP) is 3.94. The number of thiazole rings is 1. The second kappa shape index (κ2) is 9.18. The third-order valence-electron chi connectivity index (χ3n) is 5.29. The molecule has 142 valence electrons. The molecule has 2 aliphatic heterocycles. The van der Waals surface area contributed by atoms with Gasteiger partial charge in [-0.25, -0.2) is 4.98 Å². The Kier molecular flexibility index (Phi) is 7.47. The second-order valence-electron chi connectivity index (χ2n) is 6.95. The van der Waals surface area contributed by atoms with E-state index in [0.29, 0.717) is 24.5 Å². The minimum atomic E-state index is 0. The van der Waals surface area contributed by atoms with Crippen LogP contribution in [0.3, 0.4) is 0 Å². The van der Waals surface area contributed by atoms with Crippen molar-refractivity contribution in [1.82, 2.24) is 15.2 Å². The molecule has 26 heavy (non-hydrogen) atoms. The molecular weight excluding hydrogens is 389 g/mol. The monoisotopic (exact) mass is 413 g/mol. The summed E-state index contributed by atoms with van der Waals surface area (Å²) in [6.07, 6.45) is 5.10. The number of likely N-dealkylation sites (N-methyl/N-ethyl adjacent to an activating group) is 1. The largest absolute Gasteiger partial charge is 0.342 e. The highest BCUT2D eigenvalue weighted by molar-refractivity contribution is 7.13. The first-order valence-corrected chi connectivity index (χ1v) is 9.58. The molecule has 0 aliphatic carbocycles. The maximum absolute atomic E-state index is 12.7. The Balaban J connectivity index is 0.00000121. The van der Waals surface area contributed by atoms with E-state index in [0.717, 1.165) is 29.1 Å². The zero-order valence-electron chi connectivity index (χ0n) is 14.8. The highest BCUT2D eigenvalue weighted by Crippen LogP contribution is 2.30. The van der Waals surface area contributed by atoms with Gasteiger partial charge in [0.25, 0.3) is 0 Å². The van der Waals surface area contributed by atoms with Crippen molar-refractivity contribution in [2.75, 3.05) is 7.05 Å². The summed E-state index contributed by atoms with van der Waals surface area (Å²) in [5.74, 6) is 0.186. The lowest BCUT2D eigenvalue weighted by molar-refractivity contribution is -0.132. The SMILES string of the molecule is CN(C(=O)Cc1csc(-c2ccccc2)n1)C1CC2CCC(C1)N2.Cl.Cl. The van der Waals surface area contributed by atoms with Crippen LogP contribution in [0.2, 0.25) is 0 Å². The maximum atomic E-state index is 12.7. The molecule has 2 fully saturated rings. The molecule has 3 heterocycles. The van der Waals surface area contributed by atoms with Crippen LogP contribution in [0, 0.1) is 0 Å². The Hall–Kier alpha value is -1.14. The van der Waals surface area contributed by atoms with Crippen molar-refractivity contribution >= 4 is 42.1 Å². The minimum absolute atomic E-state index is 0. The number of piperidine rings is 1. The number of hydrogen-bond donors (Lipinski definition) is 1. The summed E-state index contributed by atoms with van der Waals surface area (Å²) < 4.78 is 0. The van der Waals surface area contributed by atoms with Crippen molar-refractivity contribution in [2.24, 2.45) is 0 Å². The number of carbonyl (C=O) groups is 1. The molecule has 0 radical (unpaired) electrons. The molecule has 2 aliphatic rings. The van der Waals surface area contributed by atoms with Crippen LogP contribution < -0.4 is 5.32 Å². The highest BCUT2D eigenvalue weighted by atomic mass is 35.5. The maximum Gasteiger partial charge on any atom is 0.228 e. The first kappa shape index (κ1) is 21.2. The van der Waals surface area contributed by atoms with E-state index < -0.39 is 0 Å². The molecule has 0 saturated carbocycles. The van der Waals surface area contributed by atoms with E-state index in [1.165, 1.54) is 12.8 Å².